The third kappa shape index (κ3) is 3.49. The van der Waals surface area contributed by atoms with Crippen LogP contribution in [-0.4, -0.2) is 32.1 Å². The fourth-order valence-corrected chi connectivity index (χ4v) is 1.08. The quantitative estimate of drug-likeness (QED) is 0.527. The highest BCUT2D eigenvalue weighted by Crippen LogP contribution is 2.25. The lowest BCUT2D eigenvalue weighted by molar-refractivity contribution is -0.0971. The molecule has 13 heavy (non-hydrogen) atoms. The molecule has 0 bridgehead atoms. The maximum Gasteiger partial charge on any atom is 0.524 e. The first kappa shape index (κ1) is 12.7. The molecule has 0 atom stereocenters. The summed E-state index contributed by atoms with van der Waals surface area (Å²) in [7, 11) is -5.50. The highest BCUT2D eigenvalue weighted by Gasteiger charge is 2.48. The third-order valence-electron chi connectivity index (χ3n) is 1.19. The lowest BCUT2D eigenvalue weighted by atomic mass is 10.6. The summed E-state index contributed by atoms with van der Waals surface area (Å²) in [6.07, 6.45) is 0. The van der Waals surface area contributed by atoms with Crippen molar-refractivity contribution >= 4 is 10.1 Å². The molecule has 0 aliphatic heterocycles. The minimum atomic E-state index is -5.50. The molecule has 0 unspecified atom stereocenters. The zero-order valence-electron chi connectivity index (χ0n) is 7.13. The van der Waals surface area contributed by atoms with Crippen LogP contribution in [0.5, 0.6) is 0 Å². The number of hydrogen-bond acceptors (Lipinski definition) is 4. The van der Waals surface area contributed by atoms with Gasteiger partial charge in [0.2, 0.25) is 0 Å². The molecule has 0 fully saturated rings. The summed E-state index contributed by atoms with van der Waals surface area (Å²) < 4.78 is 59.7. The van der Waals surface area contributed by atoms with Crippen molar-refractivity contribution < 1.29 is 25.9 Å². The molecule has 0 aromatic rings. The normalized spacial score (nSPS) is 13.7. The smallest absolute Gasteiger partial charge is 0.188 e. The van der Waals surface area contributed by atoms with E-state index >= 15 is 0 Å². The molecule has 0 spiro atoms. The van der Waals surface area contributed by atoms with Gasteiger partial charge in [-0.15, -0.1) is 0 Å². The van der Waals surface area contributed by atoms with Crippen molar-refractivity contribution in [3.63, 3.8) is 0 Å². The van der Waals surface area contributed by atoms with Crippen LogP contribution in [0.25, 0.3) is 0 Å². The number of halogens is 3. The molecule has 0 amide bonds. The van der Waals surface area contributed by atoms with Gasteiger partial charge in [0.15, 0.2) is 0 Å². The number of nitrogens with zero attached hydrogens (tertiary/aromatic N) is 1. The van der Waals surface area contributed by atoms with Gasteiger partial charge in [0.05, 0.1) is 0 Å². The standard InChI is InChI=1S/C5H10F3NO3S/c1-3-9(4-2)12-13(10,11)5(6,7)8/h3-4H2,1-2H3. The number of hydroxylamine groups is 2. The zero-order chi connectivity index (χ0) is 10.7. The predicted octanol–water partition coefficient (Wildman–Crippen LogP) is 1.11. The number of alkyl halides is 3. The van der Waals surface area contributed by atoms with Crippen LogP contribution in [0, 0.1) is 0 Å². The van der Waals surface area contributed by atoms with Gasteiger partial charge < -0.3 is 0 Å². The van der Waals surface area contributed by atoms with E-state index in [-0.39, 0.29) is 13.1 Å². The molecular weight excluding hydrogens is 211 g/mol. The van der Waals surface area contributed by atoms with Crippen molar-refractivity contribution in [3.05, 3.63) is 0 Å². The first-order valence-corrected chi connectivity index (χ1v) is 4.91. The van der Waals surface area contributed by atoms with Crippen LogP contribution in [-0.2, 0) is 14.4 Å². The summed E-state index contributed by atoms with van der Waals surface area (Å²) in [5.74, 6) is 0. The van der Waals surface area contributed by atoms with Crippen LogP contribution < -0.4 is 0 Å². The second kappa shape index (κ2) is 4.25. The monoisotopic (exact) mass is 221 g/mol. The molecule has 0 aromatic carbocycles. The van der Waals surface area contributed by atoms with Gasteiger partial charge in [0, 0.05) is 13.1 Å². The summed E-state index contributed by atoms with van der Waals surface area (Å²) in [5.41, 5.74) is -5.37. The molecule has 0 aliphatic rings. The van der Waals surface area contributed by atoms with Crippen LogP contribution in [0.3, 0.4) is 0 Å². The van der Waals surface area contributed by atoms with E-state index in [0.717, 1.165) is 0 Å². The second-order valence-electron chi connectivity index (χ2n) is 2.09. The van der Waals surface area contributed by atoms with E-state index in [9.17, 15) is 21.6 Å². The Morgan fingerprint density at radius 3 is 1.85 bits per heavy atom. The maximum atomic E-state index is 11.7. The molecule has 0 rings (SSSR count). The summed E-state index contributed by atoms with van der Waals surface area (Å²) >= 11 is 0. The summed E-state index contributed by atoms with van der Waals surface area (Å²) in [5, 5.41) is 0.697. The highest BCUT2D eigenvalue weighted by molar-refractivity contribution is 7.87. The average Bonchev–Trinajstić information content (AvgIpc) is 1.98. The van der Waals surface area contributed by atoms with E-state index < -0.39 is 15.6 Å². The van der Waals surface area contributed by atoms with Gasteiger partial charge in [0.25, 0.3) is 0 Å². The van der Waals surface area contributed by atoms with Gasteiger partial charge in [-0.05, 0) is 0 Å². The van der Waals surface area contributed by atoms with Crippen LogP contribution in [0.15, 0.2) is 0 Å². The van der Waals surface area contributed by atoms with E-state index in [1.807, 2.05) is 0 Å². The van der Waals surface area contributed by atoms with E-state index in [0.29, 0.717) is 5.06 Å². The van der Waals surface area contributed by atoms with Gasteiger partial charge in [-0.25, -0.2) is 0 Å². The molecular formula is C5H10F3NO3S. The Balaban J connectivity index is 4.52. The molecule has 0 aromatic heterocycles. The molecule has 0 saturated carbocycles. The first-order valence-electron chi connectivity index (χ1n) is 3.50. The van der Waals surface area contributed by atoms with Crippen molar-refractivity contribution in [2.45, 2.75) is 19.4 Å². The molecule has 80 valence electrons. The van der Waals surface area contributed by atoms with Gasteiger partial charge >= 0.3 is 15.6 Å². The predicted molar refractivity (Wildman–Crippen MR) is 39.0 cm³/mol. The average molecular weight is 221 g/mol. The van der Waals surface area contributed by atoms with Gasteiger partial charge in [0.1, 0.15) is 0 Å². The fourth-order valence-electron chi connectivity index (χ4n) is 0.510. The molecule has 0 heterocycles. The largest absolute Gasteiger partial charge is 0.524 e. The van der Waals surface area contributed by atoms with Crippen molar-refractivity contribution in [1.29, 1.82) is 0 Å². The van der Waals surface area contributed by atoms with E-state index in [2.05, 4.69) is 4.28 Å². The SMILES string of the molecule is CCN(CC)OS(=O)(=O)C(F)(F)F. The highest BCUT2D eigenvalue weighted by atomic mass is 32.2. The molecule has 0 N–H and O–H groups in total. The minimum Gasteiger partial charge on any atom is -0.188 e. The van der Waals surface area contributed by atoms with E-state index in [1.165, 1.54) is 13.8 Å². The second-order valence-corrected chi connectivity index (χ2v) is 3.61. The Morgan fingerprint density at radius 1 is 1.23 bits per heavy atom. The van der Waals surface area contributed by atoms with Crippen molar-refractivity contribution in [1.82, 2.24) is 5.06 Å². The maximum absolute atomic E-state index is 11.7. The lowest BCUT2D eigenvalue weighted by Crippen LogP contribution is -2.34. The van der Waals surface area contributed by atoms with Gasteiger partial charge in [-0.2, -0.15) is 30.9 Å². The van der Waals surface area contributed by atoms with Crippen LogP contribution in [0.4, 0.5) is 13.2 Å². The van der Waals surface area contributed by atoms with E-state index in [1.54, 1.807) is 0 Å². The summed E-state index contributed by atoms with van der Waals surface area (Å²) in [6, 6.07) is 0. The Bertz CT molecular complexity index is 244. The molecule has 0 saturated heterocycles. The lowest BCUT2D eigenvalue weighted by Gasteiger charge is -2.17. The minimum absolute atomic E-state index is 0.0613. The fraction of sp³-hybridized carbons (Fsp3) is 1.00. The molecule has 0 radical (unpaired) electrons. The van der Waals surface area contributed by atoms with Crippen LogP contribution in [0.2, 0.25) is 0 Å². The van der Waals surface area contributed by atoms with Crippen molar-refractivity contribution in [2.24, 2.45) is 0 Å². The van der Waals surface area contributed by atoms with Crippen LogP contribution in [0.1, 0.15) is 13.8 Å². The topological polar surface area (TPSA) is 46.6 Å². The number of rotatable bonds is 4. The van der Waals surface area contributed by atoms with Gasteiger partial charge in [-0.1, -0.05) is 13.8 Å². The van der Waals surface area contributed by atoms with Gasteiger partial charge in [-0.3, -0.25) is 0 Å². The van der Waals surface area contributed by atoms with Crippen molar-refractivity contribution in [3.8, 4) is 0 Å². The Hall–Kier alpha value is -0.340. The first-order chi connectivity index (χ1) is 5.74. The summed E-state index contributed by atoms with van der Waals surface area (Å²) in [4.78, 5) is 0. The summed E-state index contributed by atoms with van der Waals surface area (Å²) in [6.45, 7) is 3.09. The Kier molecular flexibility index (Phi) is 4.14. The Morgan fingerprint density at radius 2 is 1.62 bits per heavy atom. The third-order valence-corrected chi connectivity index (χ3v) is 2.17. The molecule has 8 heteroatoms. The molecule has 0 aliphatic carbocycles. The van der Waals surface area contributed by atoms with Crippen molar-refractivity contribution in [2.75, 3.05) is 13.1 Å². The number of hydrogen-bond donors (Lipinski definition) is 0. The van der Waals surface area contributed by atoms with Crippen LogP contribution >= 0.6 is 0 Å². The molecule has 4 nitrogen and oxygen atoms in total. The zero-order valence-corrected chi connectivity index (χ0v) is 7.94. The van der Waals surface area contributed by atoms with E-state index in [4.69, 9.17) is 0 Å². The Labute approximate surface area is 74.4 Å².